The molecule has 0 spiro atoms. The first-order valence-electron chi connectivity index (χ1n) is 7.06. The van der Waals surface area contributed by atoms with Gasteiger partial charge in [-0.1, -0.05) is 0 Å². The van der Waals surface area contributed by atoms with E-state index >= 15 is 4.39 Å². The number of carbonyl (C=O) groups is 2. The molecule has 6 nitrogen and oxygen atoms in total. The number of anilines is 1. The Morgan fingerprint density at radius 3 is 2.73 bits per heavy atom. The van der Waals surface area contributed by atoms with Crippen LogP contribution in [0.25, 0.3) is 0 Å². The van der Waals surface area contributed by atoms with Crippen LogP contribution in [-0.4, -0.2) is 47.9 Å². The molecule has 0 radical (unpaired) electrons. The number of carbonyl (C=O) groups excluding carboxylic acids is 1. The van der Waals surface area contributed by atoms with Crippen LogP contribution in [0.5, 0.6) is 0 Å². The van der Waals surface area contributed by atoms with Crippen LogP contribution in [0.2, 0.25) is 0 Å². The molecule has 1 aromatic rings. The molecule has 1 aromatic heterocycles. The molecular formula is C14H17FN2O4S. The molecular weight excluding hydrogens is 311 g/mol. The minimum absolute atomic E-state index is 0.00681. The van der Waals surface area contributed by atoms with Gasteiger partial charge in [0.15, 0.2) is 10.8 Å². The second-order valence-electron chi connectivity index (χ2n) is 5.95. The molecule has 2 aliphatic rings. The summed E-state index contributed by atoms with van der Waals surface area (Å²) in [6.07, 6.45) is 1.18. The van der Waals surface area contributed by atoms with Gasteiger partial charge in [-0.3, -0.25) is 4.79 Å². The number of esters is 1. The van der Waals surface area contributed by atoms with Crippen molar-refractivity contribution in [3.05, 3.63) is 10.6 Å². The summed E-state index contributed by atoms with van der Waals surface area (Å²) in [6, 6.07) is 0. The van der Waals surface area contributed by atoms with Crippen LogP contribution in [0.3, 0.4) is 0 Å². The van der Waals surface area contributed by atoms with Crippen LogP contribution >= 0.6 is 11.3 Å². The number of fused-ring (bicyclic) bond motifs is 1. The summed E-state index contributed by atoms with van der Waals surface area (Å²) in [5, 5.41) is 10.0. The lowest BCUT2D eigenvalue weighted by Gasteiger charge is -2.27. The van der Waals surface area contributed by atoms with E-state index in [0.29, 0.717) is 22.9 Å². The number of hydrogen-bond acceptors (Lipinski definition) is 6. The number of ether oxygens (including phenoxy) is 1. The van der Waals surface area contributed by atoms with Gasteiger partial charge in [0.2, 0.25) is 0 Å². The number of aliphatic carboxylic acids is 1. The third-order valence-corrected chi connectivity index (χ3v) is 5.81. The molecule has 2 heterocycles. The van der Waals surface area contributed by atoms with Crippen molar-refractivity contribution < 1.29 is 23.8 Å². The Bertz CT molecular complexity index is 649. The topological polar surface area (TPSA) is 79.7 Å². The van der Waals surface area contributed by atoms with Gasteiger partial charge in [-0.2, -0.15) is 0 Å². The molecule has 120 valence electrons. The van der Waals surface area contributed by atoms with Crippen LogP contribution in [0.1, 0.15) is 34.6 Å². The van der Waals surface area contributed by atoms with Crippen molar-refractivity contribution in [2.45, 2.75) is 31.9 Å². The smallest absolute Gasteiger partial charge is 0.357 e. The van der Waals surface area contributed by atoms with Gasteiger partial charge in [-0.15, -0.1) is 11.3 Å². The van der Waals surface area contributed by atoms with Gasteiger partial charge in [-0.05, 0) is 26.2 Å². The zero-order valence-electron chi connectivity index (χ0n) is 12.4. The predicted molar refractivity (Wildman–Crippen MR) is 78.2 cm³/mol. The molecule has 3 rings (SSSR count). The number of aromatic nitrogens is 1. The first kappa shape index (κ1) is 15.2. The molecule has 0 amide bonds. The molecule has 1 aliphatic heterocycles. The van der Waals surface area contributed by atoms with Gasteiger partial charge >= 0.3 is 11.9 Å². The van der Waals surface area contributed by atoms with E-state index in [1.165, 1.54) is 18.4 Å². The summed E-state index contributed by atoms with van der Waals surface area (Å²) in [5.41, 5.74) is -2.89. The molecule has 22 heavy (non-hydrogen) atoms. The second-order valence-corrected chi connectivity index (χ2v) is 7.14. The fourth-order valence-electron chi connectivity index (χ4n) is 3.57. The molecule has 2 fully saturated rings. The number of carboxylic acid groups (broad SMARTS) is 1. The first-order chi connectivity index (χ1) is 10.3. The molecule has 1 aliphatic carbocycles. The molecule has 1 saturated carbocycles. The minimum Gasteiger partial charge on any atom is -0.481 e. The summed E-state index contributed by atoms with van der Waals surface area (Å²) < 4.78 is 19.8. The SMILES string of the molecule is COC(=O)c1nc(N2C[C@@]3(F)CCC[C@@]3(C(=O)O)C2)sc1C. The highest BCUT2D eigenvalue weighted by Crippen LogP contribution is 2.55. The number of carboxylic acids is 1. The fourth-order valence-corrected chi connectivity index (χ4v) is 4.47. The third-order valence-electron chi connectivity index (χ3n) is 4.78. The Hall–Kier alpha value is -1.70. The van der Waals surface area contributed by atoms with Gasteiger partial charge in [-0.25, -0.2) is 14.2 Å². The monoisotopic (exact) mass is 328 g/mol. The normalized spacial score (nSPS) is 30.4. The number of thiazole rings is 1. The number of rotatable bonds is 3. The van der Waals surface area contributed by atoms with E-state index in [2.05, 4.69) is 9.72 Å². The maximum atomic E-state index is 15.1. The quantitative estimate of drug-likeness (QED) is 0.855. The summed E-state index contributed by atoms with van der Waals surface area (Å²) in [5.74, 6) is -1.63. The standard InChI is InChI=1S/C14H17FN2O4S/c1-8-9(10(18)21-2)16-12(22-8)17-6-13(11(19)20)4-3-5-14(13,15)7-17/h3-7H2,1-2H3,(H,19,20)/t13-,14-/m0/s1. The Labute approximate surface area is 130 Å². The van der Waals surface area contributed by atoms with Crippen molar-refractivity contribution in [3.63, 3.8) is 0 Å². The van der Waals surface area contributed by atoms with Gasteiger partial charge in [0, 0.05) is 11.4 Å². The highest BCUT2D eigenvalue weighted by molar-refractivity contribution is 7.15. The Balaban J connectivity index is 1.93. The number of halogens is 1. The Morgan fingerprint density at radius 1 is 1.41 bits per heavy atom. The van der Waals surface area contributed by atoms with Crippen LogP contribution < -0.4 is 4.90 Å². The second kappa shape index (κ2) is 4.91. The van der Waals surface area contributed by atoms with Crippen LogP contribution in [0, 0.1) is 12.3 Å². The Morgan fingerprint density at radius 2 is 2.14 bits per heavy atom. The van der Waals surface area contributed by atoms with E-state index in [0.717, 1.165) is 0 Å². The molecule has 0 aromatic carbocycles. The average molecular weight is 328 g/mol. The number of hydrogen-bond donors (Lipinski definition) is 1. The molecule has 0 bridgehead atoms. The van der Waals surface area contributed by atoms with Crippen molar-refractivity contribution in [1.82, 2.24) is 4.98 Å². The van der Waals surface area contributed by atoms with Crippen LogP contribution in [0.15, 0.2) is 0 Å². The number of aryl methyl sites for hydroxylation is 1. The lowest BCUT2D eigenvalue weighted by molar-refractivity contribution is -0.153. The largest absolute Gasteiger partial charge is 0.481 e. The highest BCUT2D eigenvalue weighted by atomic mass is 32.1. The molecule has 1 saturated heterocycles. The zero-order valence-corrected chi connectivity index (χ0v) is 13.2. The van der Waals surface area contributed by atoms with Crippen molar-refractivity contribution in [1.29, 1.82) is 0 Å². The van der Waals surface area contributed by atoms with Crippen LogP contribution in [0.4, 0.5) is 9.52 Å². The average Bonchev–Trinajstić information content (AvgIpc) is 3.06. The van der Waals surface area contributed by atoms with Gasteiger partial charge in [0.05, 0.1) is 13.7 Å². The van der Waals surface area contributed by atoms with Crippen molar-refractivity contribution in [2.24, 2.45) is 5.41 Å². The number of nitrogens with zero attached hydrogens (tertiary/aromatic N) is 2. The van der Waals surface area contributed by atoms with Gasteiger partial charge < -0.3 is 14.7 Å². The van der Waals surface area contributed by atoms with E-state index in [4.69, 9.17) is 0 Å². The number of methoxy groups -OCH3 is 1. The summed E-state index contributed by atoms with van der Waals surface area (Å²) in [7, 11) is 1.27. The van der Waals surface area contributed by atoms with E-state index in [1.807, 2.05) is 0 Å². The predicted octanol–water partition coefficient (Wildman–Crippen LogP) is 2.02. The van der Waals surface area contributed by atoms with E-state index < -0.39 is 23.0 Å². The zero-order chi connectivity index (χ0) is 16.1. The lowest BCUT2D eigenvalue weighted by atomic mass is 9.78. The van der Waals surface area contributed by atoms with Gasteiger partial charge in [0.1, 0.15) is 11.1 Å². The highest BCUT2D eigenvalue weighted by Gasteiger charge is 2.66. The molecule has 8 heteroatoms. The third kappa shape index (κ3) is 1.93. The molecule has 1 N–H and O–H groups in total. The van der Waals surface area contributed by atoms with Gasteiger partial charge in [0.25, 0.3) is 0 Å². The van der Waals surface area contributed by atoms with E-state index in [9.17, 15) is 14.7 Å². The maximum Gasteiger partial charge on any atom is 0.357 e. The lowest BCUT2D eigenvalue weighted by Crippen LogP contribution is -2.45. The summed E-state index contributed by atoms with van der Waals surface area (Å²) in [6.45, 7) is 1.84. The maximum absolute atomic E-state index is 15.1. The van der Waals surface area contributed by atoms with E-state index in [1.54, 1.807) is 11.8 Å². The molecule has 0 unspecified atom stereocenters. The van der Waals surface area contributed by atoms with Crippen LogP contribution in [-0.2, 0) is 9.53 Å². The summed E-state index contributed by atoms with van der Waals surface area (Å²) in [4.78, 5) is 29.8. The van der Waals surface area contributed by atoms with Crippen molar-refractivity contribution in [3.8, 4) is 0 Å². The van der Waals surface area contributed by atoms with E-state index in [-0.39, 0.29) is 25.2 Å². The molecule has 2 atom stereocenters. The number of alkyl halides is 1. The minimum atomic E-state index is -1.73. The fraction of sp³-hybridized carbons (Fsp3) is 0.643. The first-order valence-corrected chi connectivity index (χ1v) is 7.88. The van der Waals surface area contributed by atoms with Crippen molar-refractivity contribution >= 4 is 28.4 Å². The summed E-state index contributed by atoms with van der Waals surface area (Å²) >= 11 is 1.26. The Kier molecular flexibility index (Phi) is 3.39. The van der Waals surface area contributed by atoms with Crippen molar-refractivity contribution in [2.75, 3.05) is 25.1 Å².